The van der Waals surface area contributed by atoms with Crippen LogP contribution in [0.5, 0.6) is 0 Å². The molecule has 4 rings (SSSR count). The Morgan fingerprint density at radius 3 is 2.19 bits per heavy atom. The van der Waals surface area contributed by atoms with Crippen molar-refractivity contribution in [2.24, 2.45) is 0 Å². The molecule has 0 radical (unpaired) electrons. The Kier molecular flexibility index (Phi) is 4.26. The first-order valence-corrected chi connectivity index (χ1v) is 9.43. The normalized spacial score (nSPS) is 13.0. The van der Waals surface area contributed by atoms with Gasteiger partial charge in [-0.2, -0.15) is 0 Å². The molecule has 0 spiro atoms. The monoisotopic (exact) mass is 380 g/mol. The molecular formula is C22H22BClO3. The minimum absolute atomic E-state index is 0.312. The number of furan rings is 1. The van der Waals surface area contributed by atoms with E-state index in [0.29, 0.717) is 12.5 Å². The van der Waals surface area contributed by atoms with E-state index in [-0.39, 0.29) is 0 Å². The second-order valence-electron chi connectivity index (χ2n) is 8.10. The van der Waals surface area contributed by atoms with E-state index in [2.05, 4.69) is 24.3 Å². The molecule has 3 nitrogen and oxygen atoms in total. The number of halogens is 1. The van der Waals surface area contributed by atoms with Crippen LogP contribution >= 0.6 is 11.6 Å². The zero-order valence-corrected chi connectivity index (χ0v) is 16.7. The van der Waals surface area contributed by atoms with Crippen LogP contribution in [-0.4, -0.2) is 23.8 Å². The molecule has 3 aromatic carbocycles. The van der Waals surface area contributed by atoms with Crippen LogP contribution in [0.1, 0.15) is 27.7 Å². The quantitative estimate of drug-likeness (QED) is 0.510. The standard InChI is InChI=1S/C22H22BClO3/c1-21(2,25)22(3,4)27-23-17-11-16-15-9-13-7-5-6-8-14(13)10-19(15)26-20(16)12-18(17)24/h5-12,23,25H,1-4H3. The van der Waals surface area contributed by atoms with Crippen molar-refractivity contribution in [3.63, 3.8) is 0 Å². The van der Waals surface area contributed by atoms with E-state index < -0.39 is 11.2 Å². The van der Waals surface area contributed by atoms with Gasteiger partial charge in [0.15, 0.2) is 0 Å². The summed E-state index contributed by atoms with van der Waals surface area (Å²) < 4.78 is 12.0. The maximum absolute atomic E-state index is 10.3. The fraction of sp³-hybridized carbons (Fsp3) is 0.273. The van der Waals surface area contributed by atoms with E-state index in [1.165, 1.54) is 5.39 Å². The Balaban J connectivity index is 1.79. The summed E-state index contributed by atoms with van der Waals surface area (Å²) in [5, 5.41) is 15.3. The second kappa shape index (κ2) is 6.27. The molecule has 0 aliphatic rings. The summed E-state index contributed by atoms with van der Waals surface area (Å²) in [4.78, 5) is 0. The Morgan fingerprint density at radius 2 is 1.52 bits per heavy atom. The molecule has 0 atom stereocenters. The molecule has 1 heterocycles. The van der Waals surface area contributed by atoms with E-state index in [9.17, 15) is 5.11 Å². The number of hydrogen-bond acceptors (Lipinski definition) is 3. The van der Waals surface area contributed by atoms with Crippen molar-refractivity contribution in [2.45, 2.75) is 38.9 Å². The van der Waals surface area contributed by atoms with Crippen LogP contribution < -0.4 is 5.46 Å². The fourth-order valence-corrected chi connectivity index (χ4v) is 3.28. The van der Waals surface area contributed by atoms with Crippen molar-refractivity contribution >= 4 is 57.3 Å². The predicted octanol–water partition coefficient (Wildman–Crippen LogP) is 4.94. The molecule has 0 aliphatic heterocycles. The van der Waals surface area contributed by atoms with Crippen molar-refractivity contribution < 1.29 is 14.2 Å². The van der Waals surface area contributed by atoms with Crippen LogP contribution in [0.3, 0.4) is 0 Å². The zero-order chi connectivity index (χ0) is 19.4. The summed E-state index contributed by atoms with van der Waals surface area (Å²) in [5.41, 5.74) is 0.799. The number of fused-ring (bicyclic) bond motifs is 4. The molecular weight excluding hydrogens is 359 g/mol. The molecule has 0 amide bonds. The van der Waals surface area contributed by atoms with Gasteiger partial charge in [-0.25, -0.2) is 0 Å². The summed E-state index contributed by atoms with van der Waals surface area (Å²) >= 11 is 6.48. The molecule has 4 aromatic rings. The Morgan fingerprint density at radius 1 is 0.926 bits per heavy atom. The maximum atomic E-state index is 10.3. The molecule has 0 saturated heterocycles. The van der Waals surface area contributed by atoms with Gasteiger partial charge in [-0.05, 0) is 62.1 Å². The van der Waals surface area contributed by atoms with Gasteiger partial charge in [0.25, 0.3) is 0 Å². The van der Waals surface area contributed by atoms with Crippen molar-refractivity contribution in [3.8, 4) is 0 Å². The van der Waals surface area contributed by atoms with Crippen LogP contribution in [-0.2, 0) is 4.65 Å². The highest BCUT2D eigenvalue weighted by molar-refractivity contribution is 6.54. The van der Waals surface area contributed by atoms with Crippen LogP contribution in [0.15, 0.2) is 52.9 Å². The summed E-state index contributed by atoms with van der Waals surface area (Å²) in [7, 11) is 0.312. The third-order valence-corrected chi connectivity index (χ3v) is 5.92. The highest BCUT2D eigenvalue weighted by Crippen LogP contribution is 2.33. The molecule has 1 N–H and O–H groups in total. The van der Waals surface area contributed by atoms with Crippen LogP contribution in [0, 0.1) is 0 Å². The largest absolute Gasteiger partial charge is 0.456 e. The molecule has 138 valence electrons. The van der Waals surface area contributed by atoms with Gasteiger partial charge in [0.05, 0.1) is 11.2 Å². The molecule has 5 heteroatoms. The lowest BCUT2D eigenvalue weighted by Crippen LogP contribution is -2.49. The molecule has 0 bridgehead atoms. The molecule has 0 fully saturated rings. The van der Waals surface area contributed by atoms with E-state index in [1.807, 2.05) is 38.1 Å². The van der Waals surface area contributed by atoms with Gasteiger partial charge in [0.1, 0.15) is 11.2 Å². The minimum Gasteiger partial charge on any atom is -0.456 e. The van der Waals surface area contributed by atoms with Crippen LogP contribution in [0.4, 0.5) is 0 Å². The third-order valence-electron chi connectivity index (χ3n) is 5.57. The maximum Gasteiger partial charge on any atom is 0.310 e. The lowest BCUT2D eigenvalue weighted by atomic mass is 9.82. The zero-order valence-electron chi connectivity index (χ0n) is 16.0. The third kappa shape index (κ3) is 3.23. The fourth-order valence-electron chi connectivity index (χ4n) is 3.07. The Bertz CT molecular complexity index is 1160. The van der Waals surface area contributed by atoms with Crippen LogP contribution in [0.2, 0.25) is 5.02 Å². The average Bonchev–Trinajstić information content (AvgIpc) is 2.92. The average molecular weight is 381 g/mol. The number of hydrogen-bond donors (Lipinski definition) is 1. The van der Waals surface area contributed by atoms with Crippen molar-refractivity contribution in [1.29, 1.82) is 0 Å². The SMILES string of the molecule is CC(C)(O)C(C)(C)OBc1cc2c(cc1Cl)oc1cc3ccccc3cc12. The van der Waals surface area contributed by atoms with E-state index in [1.54, 1.807) is 13.8 Å². The molecule has 0 unspecified atom stereocenters. The van der Waals surface area contributed by atoms with Crippen molar-refractivity contribution in [1.82, 2.24) is 0 Å². The Hall–Kier alpha value is -2.01. The van der Waals surface area contributed by atoms with Crippen molar-refractivity contribution in [2.75, 3.05) is 0 Å². The first-order chi connectivity index (χ1) is 12.7. The van der Waals surface area contributed by atoms with E-state index >= 15 is 0 Å². The van der Waals surface area contributed by atoms with Gasteiger partial charge in [0, 0.05) is 15.8 Å². The number of aliphatic hydroxyl groups is 1. The number of rotatable bonds is 4. The topological polar surface area (TPSA) is 42.6 Å². The van der Waals surface area contributed by atoms with Gasteiger partial charge < -0.3 is 14.2 Å². The smallest absolute Gasteiger partial charge is 0.310 e. The van der Waals surface area contributed by atoms with Gasteiger partial charge in [-0.3, -0.25) is 0 Å². The lowest BCUT2D eigenvalue weighted by molar-refractivity contribution is -0.0893. The van der Waals surface area contributed by atoms with Gasteiger partial charge in [-0.1, -0.05) is 41.9 Å². The van der Waals surface area contributed by atoms with E-state index in [0.717, 1.165) is 32.8 Å². The van der Waals surface area contributed by atoms with Gasteiger partial charge in [0.2, 0.25) is 0 Å². The highest BCUT2D eigenvalue weighted by atomic mass is 35.5. The first-order valence-electron chi connectivity index (χ1n) is 9.05. The molecule has 0 aliphatic carbocycles. The second-order valence-corrected chi connectivity index (χ2v) is 8.50. The number of benzene rings is 3. The lowest BCUT2D eigenvalue weighted by Gasteiger charge is -2.37. The predicted molar refractivity (Wildman–Crippen MR) is 114 cm³/mol. The summed E-state index contributed by atoms with van der Waals surface area (Å²) in [6, 6.07) is 16.3. The van der Waals surface area contributed by atoms with Gasteiger partial charge >= 0.3 is 7.48 Å². The van der Waals surface area contributed by atoms with Crippen molar-refractivity contribution in [3.05, 3.63) is 53.6 Å². The highest BCUT2D eigenvalue weighted by Gasteiger charge is 2.35. The summed E-state index contributed by atoms with van der Waals surface area (Å²) in [5.74, 6) is 0. The van der Waals surface area contributed by atoms with E-state index in [4.69, 9.17) is 20.7 Å². The summed E-state index contributed by atoms with van der Waals surface area (Å²) in [6.07, 6.45) is 0. The molecule has 27 heavy (non-hydrogen) atoms. The minimum atomic E-state index is -0.967. The molecule has 0 saturated carbocycles. The van der Waals surface area contributed by atoms with Crippen LogP contribution in [0.25, 0.3) is 32.7 Å². The molecule has 1 aromatic heterocycles. The summed E-state index contributed by atoms with van der Waals surface area (Å²) in [6.45, 7) is 7.23. The first kappa shape index (κ1) is 18.4. The van der Waals surface area contributed by atoms with Gasteiger partial charge in [-0.15, -0.1) is 0 Å². The Labute approximate surface area is 164 Å².